The van der Waals surface area contributed by atoms with E-state index in [0.29, 0.717) is 0 Å². The van der Waals surface area contributed by atoms with Gasteiger partial charge in [-0.25, -0.2) is 0 Å². The summed E-state index contributed by atoms with van der Waals surface area (Å²) in [6, 6.07) is 1.98. The van der Waals surface area contributed by atoms with E-state index in [1.54, 1.807) is 0 Å². The Morgan fingerprint density at radius 3 is 2.43 bits per heavy atom. The number of aromatic nitrogens is 2. The molecule has 82 valence electrons. The van der Waals surface area contributed by atoms with E-state index >= 15 is 0 Å². The predicted molar refractivity (Wildman–Crippen MR) is 62.3 cm³/mol. The molecule has 1 rings (SSSR count). The largest absolute Gasteiger partial charge is 0.272 e. The van der Waals surface area contributed by atoms with Gasteiger partial charge in [-0.15, -0.1) is 0 Å². The number of hydrogen-bond donors (Lipinski definition) is 0. The predicted octanol–water partition coefficient (Wildman–Crippen LogP) is 3.74. The standard InChI is InChI=1S/C10H18N2.C2H6/c1-3-6-10(4-2)9-12-8-5-7-11-12;1-2/h5,7-8,10H,3-4,6,9H2,1-2H3;1-2H3. The maximum absolute atomic E-state index is 4.20. The van der Waals surface area contributed by atoms with Crippen LogP contribution in [0, 0.1) is 5.92 Å². The zero-order valence-electron chi connectivity index (χ0n) is 10.0. The van der Waals surface area contributed by atoms with Gasteiger partial charge < -0.3 is 0 Å². The van der Waals surface area contributed by atoms with Crippen molar-refractivity contribution in [3.05, 3.63) is 18.5 Å². The van der Waals surface area contributed by atoms with Gasteiger partial charge in [0.25, 0.3) is 0 Å². The van der Waals surface area contributed by atoms with E-state index < -0.39 is 0 Å². The van der Waals surface area contributed by atoms with Crippen molar-refractivity contribution < 1.29 is 0 Å². The lowest BCUT2D eigenvalue weighted by molar-refractivity contribution is 0.379. The zero-order chi connectivity index (χ0) is 10.8. The molecule has 0 aliphatic rings. The highest BCUT2D eigenvalue weighted by atomic mass is 15.3. The van der Waals surface area contributed by atoms with E-state index in [1.807, 2.05) is 37.0 Å². The fraction of sp³-hybridized carbons (Fsp3) is 0.750. The van der Waals surface area contributed by atoms with Gasteiger partial charge in [-0.3, -0.25) is 4.68 Å². The maximum atomic E-state index is 4.20. The molecule has 0 spiro atoms. The molecule has 0 aliphatic carbocycles. The monoisotopic (exact) mass is 196 g/mol. The fourth-order valence-corrected chi connectivity index (χ4v) is 1.51. The molecule has 0 N–H and O–H groups in total. The second kappa shape index (κ2) is 8.79. The minimum atomic E-state index is 0.801. The highest BCUT2D eigenvalue weighted by Crippen LogP contribution is 2.12. The van der Waals surface area contributed by atoms with Crippen molar-refractivity contribution in [2.75, 3.05) is 0 Å². The Labute approximate surface area is 88.3 Å². The first-order chi connectivity index (χ1) is 6.86. The fourth-order valence-electron chi connectivity index (χ4n) is 1.51. The van der Waals surface area contributed by atoms with Gasteiger partial charge in [0.15, 0.2) is 0 Å². The molecular weight excluding hydrogens is 172 g/mol. The lowest BCUT2D eigenvalue weighted by atomic mass is 10.0. The molecule has 0 amide bonds. The molecule has 2 nitrogen and oxygen atoms in total. The molecule has 1 aromatic rings. The average molecular weight is 196 g/mol. The van der Waals surface area contributed by atoms with Gasteiger partial charge in [0, 0.05) is 18.9 Å². The zero-order valence-corrected chi connectivity index (χ0v) is 10.0. The van der Waals surface area contributed by atoms with Crippen molar-refractivity contribution in [1.29, 1.82) is 0 Å². The average Bonchev–Trinajstić information content (AvgIpc) is 2.73. The summed E-state index contributed by atoms with van der Waals surface area (Å²) in [6.45, 7) is 9.58. The quantitative estimate of drug-likeness (QED) is 0.701. The third kappa shape index (κ3) is 5.05. The van der Waals surface area contributed by atoms with Crippen LogP contribution in [0.15, 0.2) is 18.5 Å². The lowest BCUT2D eigenvalue weighted by Crippen LogP contribution is -2.10. The Hall–Kier alpha value is -0.790. The van der Waals surface area contributed by atoms with E-state index in [2.05, 4.69) is 18.9 Å². The van der Waals surface area contributed by atoms with Crippen LogP contribution in [-0.4, -0.2) is 9.78 Å². The van der Waals surface area contributed by atoms with Crippen LogP contribution in [0.3, 0.4) is 0 Å². The first kappa shape index (κ1) is 13.2. The number of nitrogens with zero attached hydrogens (tertiary/aromatic N) is 2. The molecule has 0 bridgehead atoms. The molecule has 2 heteroatoms. The molecule has 0 fully saturated rings. The van der Waals surface area contributed by atoms with Crippen LogP contribution in [0.4, 0.5) is 0 Å². The van der Waals surface area contributed by atoms with Crippen LogP contribution in [0.25, 0.3) is 0 Å². The first-order valence-corrected chi connectivity index (χ1v) is 5.84. The van der Waals surface area contributed by atoms with Crippen LogP contribution >= 0.6 is 0 Å². The molecule has 0 saturated carbocycles. The minimum absolute atomic E-state index is 0.801. The Bertz CT molecular complexity index is 192. The van der Waals surface area contributed by atoms with Crippen molar-refractivity contribution in [2.24, 2.45) is 5.92 Å². The van der Waals surface area contributed by atoms with Crippen molar-refractivity contribution >= 4 is 0 Å². The summed E-state index contributed by atoms with van der Waals surface area (Å²) in [5.74, 6) is 0.801. The van der Waals surface area contributed by atoms with Gasteiger partial charge in [0.2, 0.25) is 0 Å². The van der Waals surface area contributed by atoms with Gasteiger partial charge in [-0.1, -0.05) is 40.5 Å². The topological polar surface area (TPSA) is 17.8 Å². The van der Waals surface area contributed by atoms with Crippen LogP contribution < -0.4 is 0 Å². The summed E-state index contributed by atoms with van der Waals surface area (Å²) in [5, 5.41) is 4.20. The highest BCUT2D eigenvalue weighted by Gasteiger charge is 2.05. The molecule has 0 saturated heterocycles. The maximum Gasteiger partial charge on any atom is 0.0489 e. The van der Waals surface area contributed by atoms with Gasteiger partial charge >= 0.3 is 0 Å². The summed E-state index contributed by atoms with van der Waals surface area (Å²) in [5.41, 5.74) is 0. The van der Waals surface area contributed by atoms with Gasteiger partial charge in [0.1, 0.15) is 0 Å². The Morgan fingerprint density at radius 2 is 2.00 bits per heavy atom. The second-order valence-electron chi connectivity index (χ2n) is 3.29. The van der Waals surface area contributed by atoms with Gasteiger partial charge in [0.05, 0.1) is 0 Å². The third-order valence-electron chi connectivity index (χ3n) is 2.28. The molecule has 1 heterocycles. The van der Waals surface area contributed by atoms with Crippen molar-refractivity contribution in [2.45, 2.75) is 53.5 Å². The number of rotatable bonds is 5. The second-order valence-corrected chi connectivity index (χ2v) is 3.29. The summed E-state index contributed by atoms with van der Waals surface area (Å²) in [4.78, 5) is 0. The highest BCUT2D eigenvalue weighted by molar-refractivity contribution is 4.78. The van der Waals surface area contributed by atoms with Crippen LogP contribution in [0.2, 0.25) is 0 Å². The SMILES string of the molecule is CC.CCCC(CC)Cn1cccn1. The third-order valence-corrected chi connectivity index (χ3v) is 2.28. The Morgan fingerprint density at radius 1 is 1.29 bits per heavy atom. The minimum Gasteiger partial charge on any atom is -0.272 e. The van der Waals surface area contributed by atoms with Crippen molar-refractivity contribution in [3.8, 4) is 0 Å². The smallest absolute Gasteiger partial charge is 0.0489 e. The van der Waals surface area contributed by atoms with E-state index in [0.717, 1.165) is 12.5 Å². The molecule has 1 unspecified atom stereocenters. The Balaban J connectivity index is 0.000000791. The Kier molecular flexibility index (Phi) is 8.30. The van der Waals surface area contributed by atoms with Gasteiger partial charge in [-0.2, -0.15) is 5.10 Å². The van der Waals surface area contributed by atoms with Gasteiger partial charge in [-0.05, 0) is 18.4 Å². The first-order valence-electron chi connectivity index (χ1n) is 5.84. The van der Waals surface area contributed by atoms with E-state index in [-0.39, 0.29) is 0 Å². The summed E-state index contributed by atoms with van der Waals surface area (Å²) in [6.07, 6.45) is 7.74. The van der Waals surface area contributed by atoms with E-state index in [1.165, 1.54) is 19.3 Å². The van der Waals surface area contributed by atoms with E-state index in [9.17, 15) is 0 Å². The molecule has 0 aromatic carbocycles. The van der Waals surface area contributed by atoms with Crippen LogP contribution in [-0.2, 0) is 6.54 Å². The van der Waals surface area contributed by atoms with Crippen molar-refractivity contribution in [3.63, 3.8) is 0 Å². The summed E-state index contributed by atoms with van der Waals surface area (Å²) in [7, 11) is 0. The molecule has 0 radical (unpaired) electrons. The lowest BCUT2D eigenvalue weighted by Gasteiger charge is -2.12. The molecule has 1 aromatic heterocycles. The van der Waals surface area contributed by atoms with Crippen molar-refractivity contribution in [1.82, 2.24) is 9.78 Å². The molecule has 14 heavy (non-hydrogen) atoms. The summed E-state index contributed by atoms with van der Waals surface area (Å²) < 4.78 is 2.03. The van der Waals surface area contributed by atoms with E-state index in [4.69, 9.17) is 0 Å². The normalized spacial score (nSPS) is 11.7. The number of hydrogen-bond acceptors (Lipinski definition) is 1. The molecule has 1 atom stereocenters. The van der Waals surface area contributed by atoms with Crippen LogP contribution in [0.5, 0.6) is 0 Å². The van der Waals surface area contributed by atoms with Crippen LogP contribution in [0.1, 0.15) is 47.0 Å². The summed E-state index contributed by atoms with van der Waals surface area (Å²) >= 11 is 0. The molecular formula is C12H24N2. The molecule has 0 aliphatic heterocycles.